The zero-order valence-corrected chi connectivity index (χ0v) is 17.9. The standard InChI is InChI=1S/C24H44N.H2O/c1-4-7-8-9-10-11-12-13-14-15-16-20-23-25(5-2,6-3)24-21-18-17-19-22-24;/h17-19,21-22H,4-16,20,23H2,1-3H3;1H2/q+1;/p-1. The molecule has 0 aliphatic rings. The largest absolute Gasteiger partial charge is 0.870 e. The molecule has 0 bridgehead atoms. The van der Waals surface area contributed by atoms with Gasteiger partial charge in [-0.2, -0.15) is 0 Å². The van der Waals surface area contributed by atoms with Gasteiger partial charge in [-0.15, -0.1) is 0 Å². The molecular formula is C24H45NO. The van der Waals surface area contributed by atoms with Crippen LogP contribution in [0, 0.1) is 0 Å². The Kier molecular flexibility index (Phi) is 15.8. The highest BCUT2D eigenvalue weighted by Crippen LogP contribution is 2.24. The second kappa shape index (κ2) is 16.3. The van der Waals surface area contributed by atoms with E-state index in [1.54, 1.807) is 0 Å². The Bertz CT molecular complexity index is 400. The van der Waals surface area contributed by atoms with Gasteiger partial charge in [0.2, 0.25) is 0 Å². The Morgan fingerprint density at radius 3 is 1.42 bits per heavy atom. The second-order valence-corrected chi connectivity index (χ2v) is 7.73. The Labute approximate surface area is 163 Å². The highest BCUT2D eigenvalue weighted by molar-refractivity contribution is 5.42. The number of nitrogens with zero attached hydrogens (tertiary/aromatic N) is 1. The lowest BCUT2D eigenvalue weighted by molar-refractivity contribution is 0.291. The summed E-state index contributed by atoms with van der Waals surface area (Å²) in [4.78, 5) is 0. The number of unbranched alkanes of at least 4 members (excludes halogenated alkanes) is 11. The number of hydrogen-bond donors (Lipinski definition) is 0. The van der Waals surface area contributed by atoms with Gasteiger partial charge in [-0.1, -0.05) is 89.3 Å². The van der Waals surface area contributed by atoms with E-state index in [4.69, 9.17) is 0 Å². The maximum absolute atomic E-state index is 2.34. The fourth-order valence-corrected chi connectivity index (χ4v) is 4.03. The van der Waals surface area contributed by atoms with Crippen molar-refractivity contribution < 1.29 is 5.48 Å². The molecule has 0 amide bonds. The van der Waals surface area contributed by atoms with Gasteiger partial charge < -0.3 is 5.48 Å². The summed E-state index contributed by atoms with van der Waals surface area (Å²) in [6, 6.07) is 11.1. The smallest absolute Gasteiger partial charge is 0.132 e. The Hall–Kier alpha value is -0.860. The molecule has 1 aromatic rings. The Balaban J connectivity index is 0.00000625. The molecule has 0 unspecified atom stereocenters. The highest BCUT2D eigenvalue weighted by Gasteiger charge is 2.25. The van der Waals surface area contributed by atoms with Crippen LogP contribution in [0.15, 0.2) is 30.3 Å². The molecular weight excluding hydrogens is 318 g/mol. The van der Waals surface area contributed by atoms with Crippen LogP contribution in [0.4, 0.5) is 5.69 Å². The lowest BCUT2D eigenvalue weighted by Crippen LogP contribution is -2.49. The van der Waals surface area contributed by atoms with Crippen molar-refractivity contribution in [1.29, 1.82) is 0 Å². The molecule has 1 N–H and O–H groups in total. The summed E-state index contributed by atoms with van der Waals surface area (Å²) in [5.41, 5.74) is 1.50. The van der Waals surface area contributed by atoms with E-state index in [0.29, 0.717) is 0 Å². The van der Waals surface area contributed by atoms with E-state index in [9.17, 15) is 0 Å². The Morgan fingerprint density at radius 1 is 0.577 bits per heavy atom. The van der Waals surface area contributed by atoms with Crippen molar-refractivity contribution in [3.8, 4) is 0 Å². The Morgan fingerprint density at radius 2 is 1.00 bits per heavy atom. The highest BCUT2D eigenvalue weighted by atomic mass is 16.0. The fourth-order valence-electron chi connectivity index (χ4n) is 4.03. The van der Waals surface area contributed by atoms with Crippen molar-refractivity contribution >= 4 is 5.69 Å². The first-order valence-electron chi connectivity index (χ1n) is 11.2. The first-order chi connectivity index (χ1) is 12.3. The molecule has 2 heteroatoms. The SMILES string of the molecule is CCCCCCCCCCCCCC[N+](CC)(CC)c1ccccc1.[OH-]. The summed E-state index contributed by atoms with van der Waals surface area (Å²) in [6.07, 6.45) is 17.2. The van der Waals surface area contributed by atoms with E-state index in [-0.39, 0.29) is 5.48 Å². The number of rotatable bonds is 16. The molecule has 2 nitrogen and oxygen atoms in total. The minimum atomic E-state index is 0. The van der Waals surface area contributed by atoms with Gasteiger partial charge in [-0.3, -0.25) is 4.48 Å². The van der Waals surface area contributed by atoms with Gasteiger partial charge in [0.05, 0.1) is 19.6 Å². The average molecular weight is 364 g/mol. The van der Waals surface area contributed by atoms with Crippen molar-refractivity contribution in [2.24, 2.45) is 0 Å². The van der Waals surface area contributed by atoms with Crippen molar-refractivity contribution in [3.05, 3.63) is 30.3 Å². The summed E-state index contributed by atoms with van der Waals surface area (Å²) < 4.78 is 1.15. The van der Waals surface area contributed by atoms with E-state index in [1.165, 1.54) is 102 Å². The quantitative estimate of drug-likeness (QED) is 0.220. The third-order valence-corrected chi connectivity index (χ3v) is 5.95. The van der Waals surface area contributed by atoms with Crippen molar-refractivity contribution in [3.63, 3.8) is 0 Å². The van der Waals surface area contributed by atoms with Crippen LogP contribution in [-0.2, 0) is 0 Å². The van der Waals surface area contributed by atoms with Crippen molar-refractivity contribution in [2.75, 3.05) is 19.6 Å². The lowest BCUT2D eigenvalue weighted by Gasteiger charge is -2.36. The predicted octanol–water partition coefficient (Wildman–Crippen LogP) is 7.56. The molecule has 0 aliphatic carbocycles. The van der Waals surface area contributed by atoms with Crippen LogP contribution >= 0.6 is 0 Å². The molecule has 26 heavy (non-hydrogen) atoms. The van der Waals surface area contributed by atoms with Crippen LogP contribution in [0.1, 0.15) is 97.8 Å². The number of hydrogen-bond acceptors (Lipinski definition) is 1. The fraction of sp³-hybridized carbons (Fsp3) is 0.750. The van der Waals surface area contributed by atoms with Gasteiger partial charge in [0.1, 0.15) is 5.69 Å². The molecule has 0 atom stereocenters. The van der Waals surface area contributed by atoms with Crippen LogP contribution in [0.25, 0.3) is 0 Å². The summed E-state index contributed by atoms with van der Waals surface area (Å²) in [7, 11) is 0. The minimum absolute atomic E-state index is 0. The van der Waals surface area contributed by atoms with E-state index < -0.39 is 0 Å². The molecule has 0 saturated heterocycles. The van der Waals surface area contributed by atoms with Crippen LogP contribution in [-0.4, -0.2) is 25.1 Å². The molecule has 0 radical (unpaired) electrons. The summed E-state index contributed by atoms with van der Waals surface area (Å²) >= 11 is 0. The molecule has 0 saturated carbocycles. The van der Waals surface area contributed by atoms with Gasteiger partial charge in [0.25, 0.3) is 0 Å². The number of benzene rings is 1. The van der Waals surface area contributed by atoms with Gasteiger partial charge in [0.15, 0.2) is 0 Å². The molecule has 0 aliphatic heterocycles. The third-order valence-electron chi connectivity index (χ3n) is 5.95. The molecule has 0 aromatic heterocycles. The van der Waals surface area contributed by atoms with Gasteiger partial charge in [0, 0.05) is 0 Å². The lowest BCUT2D eigenvalue weighted by atomic mass is 10.0. The van der Waals surface area contributed by atoms with Gasteiger partial charge >= 0.3 is 0 Å². The maximum Gasteiger partial charge on any atom is 0.132 e. The van der Waals surface area contributed by atoms with Gasteiger partial charge in [-0.05, 0) is 38.8 Å². The zero-order valence-electron chi connectivity index (χ0n) is 17.9. The van der Waals surface area contributed by atoms with Crippen LogP contribution in [0.2, 0.25) is 0 Å². The van der Waals surface area contributed by atoms with Gasteiger partial charge in [-0.25, -0.2) is 0 Å². The van der Waals surface area contributed by atoms with E-state index in [0.717, 1.165) is 4.48 Å². The molecule has 0 spiro atoms. The number of quaternary nitrogens is 1. The van der Waals surface area contributed by atoms with E-state index in [1.807, 2.05) is 0 Å². The first kappa shape index (κ1) is 25.1. The molecule has 1 rings (SSSR count). The third kappa shape index (κ3) is 9.73. The monoisotopic (exact) mass is 363 g/mol. The van der Waals surface area contributed by atoms with Crippen LogP contribution in [0.5, 0.6) is 0 Å². The van der Waals surface area contributed by atoms with Crippen LogP contribution in [0.3, 0.4) is 0 Å². The molecule has 0 heterocycles. The minimum Gasteiger partial charge on any atom is -0.870 e. The second-order valence-electron chi connectivity index (χ2n) is 7.73. The zero-order chi connectivity index (χ0) is 18.2. The summed E-state index contributed by atoms with van der Waals surface area (Å²) in [5, 5.41) is 0. The molecule has 0 fully saturated rings. The van der Waals surface area contributed by atoms with E-state index >= 15 is 0 Å². The first-order valence-corrected chi connectivity index (χ1v) is 11.2. The van der Waals surface area contributed by atoms with Crippen molar-refractivity contribution in [1.82, 2.24) is 4.48 Å². The summed E-state index contributed by atoms with van der Waals surface area (Å²) in [6.45, 7) is 10.7. The topological polar surface area (TPSA) is 30.0 Å². The number of para-hydroxylation sites is 1. The predicted molar refractivity (Wildman–Crippen MR) is 117 cm³/mol. The summed E-state index contributed by atoms with van der Waals surface area (Å²) in [5.74, 6) is 0. The van der Waals surface area contributed by atoms with E-state index in [2.05, 4.69) is 51.1 Å². The van der Waals surface area contributed by atoms with Crippen LogP contribution < -0.4 is 4.48 Å². The molecule has 1 aromatic carbocycles. The van der Waals surface area contributed by atoms with Crippen molar-refractivity contribution in [2.45, 2.75) is 97.8 Å². The maximum atomic E-state index is 2.34. The molecule has 152 valence electrons. The normalized spacial score (nSPS) is 11.3. The average Bonchev–Trinajstić information content (AvgIpc) is 2.67.